The second-order valence-electron chi connectivity index (χ2n) is 4.20. The summed E-state index contributed by atoms with van der Waals surface area (Å²) in [4.78, 5) is 7.71. The molecule has 4 nitrogen and oxygen atoms in total. The summed E-state index contributed by atoms with van der Waals surface area (Å²) in [6, 6.07) is 0. The van der Waals surface area contributed by atoms with Crippen LogP contribution in [0.2, 0.25) is 0 Å². The van der Waals surface area contributed by atoms with E-state index in [0.29, 0.717) is 17.4 Å². The molecule has 0 spiro atoms. The fraction of sp³-hybridized carbons (Fsp3) is 0.636. The van der Waals surface area contributed by atoms with Crippen LogP contribution in [0.15, 0.2) is 6.33 Å². The molecule has 1 saturated heterocycles. The van der Waals surface area contributed by atoms with Gasteiger partial charge in [0.15, 0.2) is 11.6 Å². The Morgan fingerprint density at radius 2 is 2.19 bits per heavy atom. The molecule has 2 N–H and O–H groups in total. The first-order valence-electron chi connectivity index (χ1n) is 5.69. The monoisotopic (exact) mass is 224 g/mol. The SMILES string of the molecule is Cc1ncnc(NCC2CCNCC2)c1F. The third kappa shape index (κ3) is 2.66. The highest BCUT2D eigenvalue weighted by atomic mass is 19.1. The predicted molar refractivity (Wildman–Crippen MR) is 60.8 cm³/mol. The molecule has 5 heteroatoms. The third-order valence-electron chi connectivity index (χ3n) is 2.98. The number of hydrogen-bond donors (Lipinski definition) is 2. The van der Waals surface area contributed by atoms with Crippen LogP contribution < -0.4 is 10.6 Å². The van der Waals surface area contributed by atoms with Gasteiger partial charge in [-0.3, -0.25) is 0 Å². The molecule has 2 rings (SSSR count). The average Bonchev–Trinajstić information content (AvgIpc) is 2.32. The number of nitrogens with zero attached hydrogens (tertiary/aromatic N) is 2. The van der Waals surface area contributed by atoms with Crippen molar-refractivity contribution in [3.8, 4) is 0 Å². The van der Waals surface area contributed by atoms with Crippen molar-refractivity contribution in [3.63, 3.8) is 0 Å². The van der Waals surface area contributed by atoms with Gasteiger partial charge in [-0.05, 0) is 38.8 Å². The Morgan fingerprint density at radius 3 is 2.94 bits per heavy atom. The van der Waals surface area contributed by atoms with E-state index in [4.69, 9.17) is 0 Å². The molecule has 16 heavy (non-hydrogen) atoms. The van der Waals surface area contributed by atoms with E-state index in [1.165, 1.54) is 6.33 Å². The van der Waals surface area contributed by atoms with Crippen molar-refractivity contribution >= 4 is 5.82 Å². The molecule has 1 aromatic heterocycles. The maximum absolute atomic E-state index is 13.6. The van der Waals surface area contributed by atoms with Crippen molar-refractivity contribution in [2.75, 3.05) is 25.0 Å². The first-order chi connectivity index (χ1) is 7.77. The first kappa shape index (κ1) is 11.3. The van der Waals surface area contributed by atoms with Crippen molar-refractivity contribution in [2.45, 2.75) is 19.8 Å². The fourth-order valence-corrected chi connectivity index (χ4v) is 1.91. The van der Waals surface area contributed by atoms with E-state index in [2.05, 4.69) is 20.6 Å². The molecule has 0 unspecified atom stereocenters. The van der Waals surface area contributed by atoms with Crippen LogP contribution in [0, 0.1) is 18.7 Å². The third-order valence-corrected chi connectivity index (χ3v) is 2.98. The van der Waals surface area contributed by atoms with Gasteiger partial charge < -0.3 is 10.6 Å². The number of aryl methyl sites for hydroxylation is 1. The number of piperidine rings is 1. The lowest BCUT2D eigenvalue weighted by atomic mass is 9.98. The summed E-state index contributed by atoms with van der Waals surface area (Å²) in [6.45, 7) is 4.54. The first-order valence-corrected chi connectivity index (χ1v) is 5.69. The van der Waals surface area contributed by atoms with Gasteiger partial charge >= 0.3 is 0 Å². The van der Waals surface area contributed by atoms with Crippen LogP contribution in [0.5, 0.6) is 0 Å². The second-order valence-corrected chi connectivity index (χ2v) is 4.20. The van der Waals surface area contributed by atoms with E-state index in [1.54, 1.807) is 6.92 Å². The summed E-state index contributed by atoms with van der Waals surface area (Å²) < 4.78 is 13.6. The lowest BCUT2D eigenvalue weighted by molar-refractivity contribution is 0.389. The molecule has 88 valence electrons. The van der Waals surface area contributed by atoms with Gasteiger partial charge in [0, 0.05) is 6.54 Å². The zero-order valence-electron chi connectivity index (χ0n) is 9.46. The zero-order valence-corrected chi connectivity index (χ0v) is 9.46. The summed E-state index contributed by atoms with van der Waals surface area (Å²) in [7, 11) is 0. The molecule has 1 aromatic rings. The van der Waals surface area contributed by atoms with E-state index >= 15 is 0 Å². The number of hydrogen-bond acceptors (Lipinski definition) is 4. The number of aromatic nitrogens is 2. The highest BCUT2D eigenvalue weighted by molar-refractivity contribution is 5.36. The minimum absolute atomic E-state index is 0.325. The minimum Gasteiger partial charge on any atom is -0.367 e. The molecular formula is C11H17FN4. The van der Waals surface area contributed by atoms with Crippen LogP contribution in [-0.4, -0.2) is 29.6 Å². The van der Waals surface area contributed by atoms with Gasteiger partial charge in [0.1, 0.15) is 6.33 Å². The maximum atomic E-state index is 13.6. The molecule has 0 saturated carbocycles. The summed E-state index contributed by atoms with van der Waals surface area (Å²) in [5, 5.41) is 6.38. The van der Waals surface area contributed by atoms with Gasteiger partial charge in [-0.2, -0.15) is 0 Å². The van der Waals surface area contributed by atoms with E-state index in [-0.39, 0.29) is 5.82 Å². The molecule has 0 bridgehead atoms. The quantitative estimate of drug-likeness (QED) is 0.813. The average molecular weight is 224 g/mol. The summed E-state index contributed by atoms with van der Waals surface area (Å²) in [5.41, 5.74) is 0.391. The summed E-state index contributed by atoms with van der Waals surface area (Å²) in [5.74, 6) is 0.596. The Kier molecular flexibility index (Phi) is 3.66. The second kappa shape index (κ2) is 5.21. The lowest BCUT2D eigenvalue weighted by Crippen LogP contribution is -2.31. The molecule has 2 heterocycles. The van der Waals surface area contributed by atoms with Crippen molar-refractivity contribution in [3.05, 3.63) is 17.8 Å². The molecule has 1 aliphatic heterocycles. The smallest absolute Gasteiger partial charge is 0.186 e. The highest BCUT2D eigenvalue weighted by Gasteiger charge is 2.14. The fourth-order valence-electron chi connectivity index (χ4n) is 1.91. The standard InChI is InChI=1S/C11H17FN4/c1-8-10(12)11(16-7-15-8)14-6-9-2-4-13-5-3-9/h7,9,13H,2-6H2,1H3,(H,14,15,16). The summed E-state index contributed by atoms with van der Waals surface area (Å²) in [6.07, 6.45) is 3.67. The van der Waals surface area contributed by atoms with Crippen molar-refractivity contribution in [1.29, 1.82) is 0 Å². The van der Waals surface area contributed by atoms with Crippen LogP contribution in [0.4, 0.5) is 10.2 Å². The van der Waals surface area contributed by atoms with Crippen LogP contribution >= 0.6 is 0 Å². The molecule has 0 amide bonds. The molecule has 0 radical (unpaired) electrons. The Bertz CT molecular complexity index is 350. The van der Waals surface area contributed by atoms with Crippen LogP contribution in [0.3, 0.4) is 0 Å². The van der Waals surface area contributed by atoms with Gasteiger partial charge in [-0.1, -0.05) is 0 Å². The lowest BCUT2D eigenvalue weighted by Gasteiger charge is -2.23. The number of nitrogens with one attached hydrogen (secondary N) is 2. The summed E-state index contributed by atoms with van der Waals surface area (Å²) >= 11 is 0. The van der Waals surface area contributed by atoms with Crippen LogP contribution in [-0.2, 0) is 0 Å². The Morgan fingerprint density at radius 1 is 1.44 bits per heavy atom. The zero-order chi connectivity index (χ0) is 11.4. The van der Waals surface area contributed by atoms with Crippen LogP contribution in [0.25, 0.3) is 0 Å². The number of rotatable bonds is 3. The number of anilines is 1. The van der Waals surface area contributed by atoms with Crippen LogP contribution in [0.1, 0.15) is 18.5 Å². The van der Waals surface area contributed by atoms with Gasteiger partial charge in [0.25, 0.3) is 0 Å². The van der Waals surface area contributed by atoms with Crippen molar-refractivity contribution in [2.24, 2.45) is 5.92 Å². The maximum Gasteiger partial charge on any atom is 0.186 e. The molecule has 1 aliphatic rings. The molecule has 0 aliphatic carbocycles. The molecule has 1 fully saturated rings. The molecule has 0 atom stereocenters. The Balaban J connectivity index is 1.91. The van der Waals surface area contributed by atoms with Crippen molar-refractivity contribution in [1.82, 2.24) is 15.3 Å². The normalized spacial score (nSPS) is 17.4. The predicted octanol–water partition coefficient (Wildman–Crippen LogP) is 1.34. The Hall–Kier alpha value is -1.23. The minimum atomic E-state index is -0.337. The largest absolute Gasteiger partial charge is 0.367 e. The topological polar surface area (TPSA) is 49.8 Å². The van der Waals surface area contributed by atoms with Crippen molar-refractivity contribution < 1.29 is 4.39 Å². The highest BCUT2D eigenvalue weighted by Crippen LogP contribution is 2.15. The van der Waals surface area contributed by atoms with Gasteiger partial charge in [-0.15, -0.1) is 0 Å². The van der Waals surface area contributed by atoms with E-state index in [0.717, 1.165) is 32.5 Å². The van der Waals surface area contributed by atoms with Gasteiger partial charge in [-0.25, -0.2) is 14.4 Å². The van der Waals surface area contributed by atoms with E-state index < -0.39 is 0 Å². The number of halogens is 1. The van der Waals surface area contributed by atoms with Gasteiger partial charge in [0.2, 0.25) is 0 Å². The molecule has 0 aromatic carbocycles. The van der Waals surface area contributed by atoms with E-state index in [1.807, 2.05) is 0 Å². The van der Waals surface area contributed by atoms with Gasteiger partial charge in [0.05, 0.1) is 5.69 Å². The Labute approximate surface area is 94.7 Å². The van der Waals surface area contributed by atoms with E-state index in [9.17, 15) is 4.39 Å². The molecular weight excluding hydrogens is 207 g/mol.